The topological polar surface area (TPSA) is 78.3 Å². The Hall–Kier alpha value is -3.75. The Morgan fingerprint density at radius 1 is 1.05 bits per heavy atom. The molecule has 3 aromatic carbocycles. The average molecular weight is 561 g/mol. The summed E-state index contributed by atoms with van der Waals surface area (Å²) in [6.07, 6.45) is 0.737. The van der Waals surface area contributed by atoms with Crippen molar-refractivity contribution < 1.29 is 14.3 Å². The molecular formula is C30H29ClN4O3S. The molecule has 0 fully saturated rings. The molecule has 1 aliphatic rings. The zero-order chi connectivity index (χ0) is 27.2. The third-order valence-electron chi connectivity index (χ3n) is 6.25. The lowest BCUT2D eigenvalue weighted by Crippen LogP contribution is -2.29. The number of esters is 1. The summed E-state index contributed by atoms with van der Waals surface area (Å²) < 4.78 is 13.3. The molecule has 1 unspecified atom stereocenters. The SMILES string of the molecule is CCCOC(=O)C1=C(C)Nc2nc(SCc3ccccc3Cl)nn2C1c1ccc(OCc2ccccc2)cc1. The van der Waals surface area contributed by atoms with E-state index in [0.717, 1.165) is 28.9 Å². The van der Waals surface area contributed by atoms with Gasteiger partial charge in [-0.25, -0.2) is 9.48 Å². The number of thioether (sulfide) groups is 1. The Labute approximate surface area is 237 Å². The molecule has 1 N–H and O–H groups in total. The largest absolute Gasteiger partial charge is 0.489 e. The van der Waals surface area contributed by atoms with Crippen molar-refractivity contribution in [3.8, 4) is 5.75 Å². The molecule has 5 rings (SSSR count). The second-order valence-electron chi connectivity index (χ2n) is 9.09. The van der Waals surface area contributed by atoms with E-state index in [2.05, 4.69) is 5.32 Å². The van der Waals surface area contributed by atoms with Gasteiger partial charge in [-0.15, -0.1) is 5.10 Å². The summed E-state index contributed by atoms with van der Waals surface area (Å²) in [4.78, 5) is 17.9. The second kappa shape index (κ2) is 12.4. The summed E-state index contributed by atoms with van der Waals surface area (Å²) in [5.41, 5.74) is 4.16. The lowest BCUT2D eigenvalue weighted by atomic mass is 9.96. The molecule has 0 aliphatic carbocycles. The number of hydrogen-bond donors (Lipinski definition) is 1. The Morgan fingerprint density at radius 3 is 2.54 bits per heavy atom. The lowest BCUT2D eigenvalue weighted by Gasteiger charge is -2.28. The van der Waals surface area contributed by atoms with E-state index >= 15 is 0 Å². The first-order valence-electron chi connectivity index (χ1n) is 12.8. The number of allylic oxidation sites excluding steroid dienone is 1. The van der Waals surface area contributed by atoms with Crippen LogP contribution < -0.4 is 10.1 Å². The maximum Gasteiger partial charge on any atom is 0.338 e. The highest BCUT2D eigenvalue weighted by atomic mass is 35.5. The van der Waals surface area contributed by atoms with Crippen LogP contribution in [0.25, 0.3) is 0 Å². The van der Waals surface area contributed by atoms with Crippen molar-refractivity contribution in [2.24, 2.45) is 0 Å². The number of anilines is 1. The maximum atomic E-state index is 13.2. The van der Waals surface area contributed by atoms with Crippen LogP contribution in [0.15, 0.2) is 95.3 Å². The predicted molar refractivity (Wildman–Crippen MR) is 154 cm³/mol. The minimum absolute atomic E-state index is 0.345. The fraction of sp³-hybridized carbons (Fsp3) is 0.233. The van der Waals surface area contributed by atoms with Gasteiger partial charge in [-0.2, -0.15) is 4.98 Å². The summed E-state index contributed by atoms with van der Waals surface area (Å²) in [6.45, 7) is 4.65. The Balaban J connectivity index is 1.42. The molecule has 7 nitrogen and oxygen atoms in total. The summed E-state index contributed by atoms with van der Waals surface area (Å²) >= 11 is 7.83. The van der Waals surface area contributed by atoms with Gasteiger partial charge < -0.3 is 14.8 Å². The van der Waals surface area contributed by atoms with Crippen LogP contribution in [0.1, 0.15) is 43.0 Å². The van der Waals surface area contributed by atoms with Crippen LogP contribution in [0.3, 0.4) is 0 Å². The molecule has 0 saturated heterocycles. The summed E-state index contributed by atoms with van der Waals surface area (Å²) in [6, 6.07) is 25.0. The highest BCUT2D eigenvalue weighted by Gasteiger charge is 2.35. The van der Waals surface area contributed by atoms with Gasteiger partial charge in [0.15, 0.2) is 0 Å². The molecule has 200 valence electrons. The van der Waals surface area contributed by atoms with Gasteiger partial charge in [0, 0.05) is 16.5 Å². The maximum absolute atomic E-state index is 13.2. The number of ether oxygens (including phenoxy) is 2. The molecule has 0 bridgehead atoms. The fourth-order valence-corrected chi connectivity index (χ4v) is 5.40. The molecular weight excluding hydrogens is 532 g/mol. The van der Waals surface area contributed by atoms with Gasteiger partial charge in [0.2, 0.25) is 11.1 Å². The van der Waals surface area contributed by atoms with Crippen molar-refractivity contribution in [3.05, 3.63) is 112 Å². The number of carbonyl (C=O) groups is 1. The predicted octanol–water partition coefficient (Wildman–Crippen LogP) is 7.04. The monoisotopic (exact) mass is 560 g/mol. The number of nitrogens with one attached hydrogen (secondary N) is 1. The van der Waals surface area contributed by atoms with E-state index in [4.69, 9.17) is 31.2 Å². The van der Waals surface area contributed by atoms with Crippen molar-refractivity contribution in [3.63, 3.8) is 0 Å². The normalized spacial score (nSPS) is 14.5. The molecule has 0 radical (unpaired) electrons. The Kier molecular flexibility index (Phi) is 8.54. The van der Waals surface area contributed by atoms with Gasteiger partial charge in [0.25, 0.3) is 0 Å². The van der Waals surface area contributed by atoms with Crippen LogP contribution >= 0.6 is 23.4 Å². The number of halogens is 1. The second-order valence-corrected chi connectivity index (χ2v) is 10.4. The number of hydrogen-bond acceptors (Lipinski definition) is 7. The third-order valence-corrected chi connectivity index (χ3v) is 7.50. The van der Waals surface area contributed by atoms with E-state index < -0.39 is 6.04 Å². The van der Waals surface area contributed by atoms with E-state index in [0.29, 0.717) is 46.4 Å². The molecule has 4 aromatic rings. The summed E-state index contributed by atoms with van der Waals surface area (Å²) in [5.74, 6) is 1.56. The molecule has 1 aliphatic heterocycles. The minimum atomic E-state index is -0.504. The number of benzene rings is 3. The third kappa shape index (κ3) is 6.29. The number of fused-ring (bicyclic) bond motifs is 1. The summed E-state index contributed by atoms with van der Waals surface area (Å²) in [5, 5.41) is 9.33. The van der Waals surface area contributed by atoms with Crippen LogP contribution in [0.5, 0.6) is 5.75 Å². The van der Waals surface area contributed by atoms with Crippen LogP contribution in [0.2, 0.25) is 5.02 Å². The lowest BCUT2D eigenvalue weighted by molar-refractivity contribution is -0.139. The smallest absolute Gasteiger partial charge is 0.338 e. The molecule has 1 atom stereocenters. The van der Waals surface area contributed by atoms with E-state index in [1.807, 2.05) is 92.7 Å². The van der Waals surface area contributed by atoms with Crippen molar-refractivity contribution in [2.45, 2.75) is 43.8 Å². The standard InChI is InChI=1S/C30H29ClN4O3S/c1-3-17-37-28(36)26-20(2)32-29-33-30(39-19-23-11-7-8-12-25(23)31)34-35(29)27(26)22-13-15-24(16-14-22)38-18-21-9-5-4-6-10-21/h4-16,27H,3,17-19H2,1-2H3,(H,32,33,34). The first kappa shape index (κ1) is 26.8. The van der Waals surface area contributed by atoms with E-state index in [1.54, 1.807) is 4.68 Å². The van der Waals surface area contributed by atoms with Crippen molar-refractivity contribution in [2.75, 3.05) is 11.9 Å². The first-order chi connectivity index (χ1) is 19.0. The zero-order valence-electron chi connectivity index (χ0n) is 21.8. The molecule has 39 heavy (non-hydrogen) atoms. The zero-order valence-corrected chi connectivity index (χ0v) is 23.3. The molecule has 1 aromatic heterocycles. The Bertz CT molecular complexity index is 1470. The number of nitrogens with zero attached hydrogens (tertiary/aromatic N) is 3. The Morgan fingerprint density at radius 2 is 1.79 bits per heavy atom. The van der Waals surface area contributed by atoms with Gasteiger partial charge >= 0.3 is 5.97 Å². The first-order valence-corrected chi connectivity index (χ1v) is 14.1. The molecule has 2 heterocycles. The quantitative estimate of drug-likeness (QED) is 0.164. The van der Waals surface area contributed by atoms with Crippen molar-refractivity contribution in [1.29, 1.82) is 0 Å². The van der Waals surface area contributed by atoms with E-state index in [1.165, 1.54) is 11.8 Å². The van der Waals surface area contributed by atoms with Gasteiger partial charge in [-0.05, 0) is 48.2 Å². The number of rotatable bonds is 10. The van der Waals surface area contributed by atoms with Crippen molar-refractivity contribution >= 4 is 35.3 Å². The van der Waals surface area contributed by atoms with Crippen LogP contribution in [0, 0.1) is 0 Å². The van der Waals surface area contributed by atoms with Crippen LogP contribution in [-0.2, 0) is 21.9 Å². The van der Waals surface area contributed by atoms with E-state index in [9.17, 15) is 4.79 Å². The molecule has 9 heteroatoms. The van der Waals surface area contributed by atoms with Gasteiger partial charge in [-0.1, -0.05) is 91.0 Å². The number of carbonyl (C=O) groups excluding carboxylic acids is 1. The highest BCUT2D eigenvalue weighted by molar-refractivity contribution is 7.98. The fourth-order valence-electron chi connectivity index (χ4n) is 4.28. The minimum Gasteiger partial charge on any atom is -0.489 e. The number of aromatic nitrogens is 3. The van der Waals surface area contributed by atoms with Gasteiger partial charge in [0.05, 0.1) is 12.2 Å². The van der Waals surface area contributed by atoms with Crippen molar-refractivity contribution in [1.82, 2.24) is 14.8 Å². The highest BCUT2D eigenvalue weighted by Crippen LogP contribution is 2.38. The molecule has 0 spiro atoms. The van der Waals surface area contributed by atoms with Crippen LogP contribution in [0.4, 0.5) is 5.95 Å². The molecule has 0 saturated carbocycles. The molecule has 0 amide bonds. The van der Waals surface area contributed by atoms with Gasteiger partial charge in [-0.3, -0.25) is 0 Å². The van der Waals surface area contributed by atoms with Crippen LogP contribution in [-0.4, -0.2) is 27.3 Å². The van der Waals surface area contributed by atoms with Gasteiger partial charge in [0.1, 0.15) is 18.4 Å². The summed E-state index contributed by atoms with van der Waals surface area (Å²) in [7, 11) is 0. The average Bonchev–Trinajstić information content (AvgIpc) is 3.37. The van der Waals surface area contributed by atoms with E-state index in [-0.39, 0.29) is 5.97 Å².